The number of nitrogens with one attached hydrogen (secondary N) is 2. The molecule has 2 N–H and O–H groups in total. The zero-order chi connectivity index (χ0) is 20.3. The number of methoxy groups -OCH3 is 1. The van der Waals surface area contributed by atoms with Crippen LogP contribution in [0.1, 0.15) is 5.56 Å². The molecule has 0 atom stereocenters. The van der Waals surface area contributed by atoms with Crippen LogP contribution in [0.15, 0.2) is 79.3 Å². The summed E-state index contributed by atoms with van der Waals surface area (Å²) in [5.74, 6) is 1.99. The van der Waals surface area contributed by atoms with Gasteiger partial charge in [0.15, 0.2) is 11.5 Å². The number of rotatable bonds is 6. The van der Waals surface area contributed by atoms with Crippen molar-refractivity contribution in [1.29, 1.82) is 0 Å². The summed E-state index contributed by atoms with van der Waals surface area (Å²) in [5, 5.41) is 5.41. The van der Waals surface area contributed by atoms with Crippen LogP contribution in [0.25, 0.3) is 21.8 Å². The number of anilines is 2. The lowest BCUT2D eigenvalue weighted by molar-refractivity contribution is 0.285. The van der Waals surface area contributed by atoms with Crippen molar-refractivity contribution < 1.29 is 9.47 Å². The SMILES string of the molecule is COc1cc2c(Nc3ccc4cc[nH]c4c3)ncnc2cc1OCc1ccccc1. The lowest BCUT2D eigenvalue weighted by Crippen LogP contribution is -2.00. The predicted octanol–water partition coefficient (Wildman–Crippen LogP) is 5.44. The third kappa shape index (κ3) is 3.51. The van der Waals surface area contributed by atoms with Crippen molar-refractivity contribution >= 4 is 33.3 Å². The third-order valence-electron chi connectivity index (χ3n) is 4.98. The maximum atomic E-state index is 6.01. The topological polar surface area (TPSA) is 72.1 Å². The van der Waals surface area contributed by atoms with Crippen LogP contribution < -0.4 is 14.8 Å². The minimum absolute atomic E-state index is 0.453. The van der Waals surface area contributed by atoms with E-state index in [2.05, 4.69) is 32.4 Å². The van der Waals surface area contributed by atoms with E-state index in [0.717, 1.165) is 33.1 Å². The minimum atomic E-state index is 0.453. The van der Waals surface area contributed by atoms with Crippen LogP contribution in [-0.4, -0.2) is 22.1 Å². The van der Waals surface area contributed by atoms with E-state index >= 15 is 0 Å². The van der Waals surface area contributed by atoms with Crippen molar-refractivity contribution in [1.82, 2.24) is 15.0 Å². The zero-order valence-corrected chi connectivity index (χ0v) is 16.4. The molecule has 2 heterocycles. The Balaban J connectivity index is 1.47. The molecule has 2 aromatic heterocycles. The highest BCUT2D eigenvalue weighted by Gasteiger charge is 2.12. The average molecular weight is 396 g/mol. The Labute approximate surface area is 173 Å². The van der Waals surface area contributed by atoms with E-state index in [0.29, 0.717) is 23.9 Å². The first-order chi connectivity index (χ1) is 14.8. The second-order valence-electron chi connectivity index (χ2n) is 6.92. The van der Waals surface area contributed by atoms with Gasteiger partial charge in [-0.2, -0.15) is 0 Å². The highest BCUT2D eigenvalue weighted by Crippen LogP contribution is 2.35. The van der Waals surface area contributed by atoms with Gasteiger partial charge in [-0.1, -0.05) is 36.4 Å². The first-order valence-corrected chi connectivity index (χ1v) is 9.64. The number of fused-ring (bicyclic) bond motifs is 2. The number of H-pyrrole nitrogens is 1. The number of aromatic nitrogens is 3. The Bertz CT molecular complexity index is 1320. The van der Waals surface area contributed by atoms with Gasteiger partial charge in [-0.25, -0.2) is 9.97 Å². The second-order valence-corrected chi connectivity index (χ2v) is 6.92. The molecule has 0 fully saturated rings. The van der Waals surface area contributed by atoms with Crippen LogP contribution in [0.3, 0.4) is 0 Å². The summed E-state index contributed by atoms with van der Waals surface area (Å²) < 4.78 is 11.6. The largest absolute Gasteiger partial charge is 0.493 e. The van der Waals surface area contributed by atoms with Gasteiger partial charge in [-0.05, 0) is 35.2 Å². The molecule has 5 rings (SSSR count). The number of aromatic amines is 1. The maximum absolute atomic E-state index is 6.01. The van der Waals surface area contributed by atoms with Crippen molar-refractivity contribution in [3.05, 3.63) is 84.8 Å². The highest BCUT2D eigenvalue weighted by atomic mass is 16.5. The summed E-state index contributed by atoms with van der Waals surface area (Å²) >= 11 is 0. The van der Waals surface area contributed by atoms with E-state index in [1.165, 1.54) is 0 Å². The number of hydrogen-bond acceptors (Lipinski definition) is 5. The molecule has 0 aliphatic rings. The quantitative estimate of drug-likeness (QED) is 0.400. The van der Waals surface area contributed by atoms with E-state index in [4.69, 9.17) is 9.47 Å². The van der Waals surface area contributed by atoms with Crippen molar-refractivity contribution in [3.63, 3.8) is 0 Å². The Kier molecular flexibility index (Phi) is 4.65. The van der Waals surface area contributed by atoms with Gasteiger partial charge in [0, 0.05) is 28.9 Å². The van der Waals surface area contributed by atoms with E-state index in [-0.39, 0.29) is 0 Å². The summed E-state index contributed by atoms with van der Waals surface area (Å²) in [6, 6.07) is 22.0. The molecule has 0 saturated heterocycles. The Morgan fingerprint density at radius 1 is 0.933 bits per heavy atom. The van der Waals surface area contributed by atoms with Gasteiger partial charge >= 0.3 is 0 Å². The molecule has 6 nitrogen and oxygen atoms in total. The molecule has 0 bridgehead atoms. The van der Waals surface area contributed by atoms with Crippen LogP contribution in [0.5, 0.6) is 11.5 Å². The zero-order valence-electron chi connectivity index (χ0n) is 16.4. The van der Waals surface area contributed by atoms with E-state index in [1.807, 2.05) is 60.8 Å². The summed E-state index contributed by atoms with van der Waals surface area (Å²) in [6.45, 7) is 0.453. The van der Waals surface area contributed by atoms with Crippen LogP contribution in [-0.2, 0) is 6.61 Å². The number of nitrogens with zero attached hydrogens (tertiary/aromatic N) is 2. The van der Waals surface area contributed by atoms with Crippen molar-refractivity contribution in [2.45, 2.75) is 6.61 Å². The van der Waals surface area contributed by atoms with E-state index in [1.54, 1.807) is 13.4 Å². The summed E-state index contributed by atoms with van der Waals surface area (Å²) in [5.41, 5.74) is 3.86. The normalized spacial score (nSPS) is 11.0. The molecule has 0 aliphatic carbocycles. The average Bonchev–Trinajstić information content (AvgIpc) is 3.26. The third-order valence-corrected chi connectivity index (χ3v) is 4.98. The van der Waals surface area contributed by atoms with Crippen molar-refractivity contribution in [3.8, 4) is 11.5 Å². The molecule has 3 aromatic carbocycles. The summed E-state index contributed by atoms with van der Waals surface area (Å²) in [4.78, 5) is 12.1. The fourth-order valence-electron chi connectivity index (χ4n) is 3.43. The van der Waals surface area contributed by atoms with E-state index < -0.39 is 0 Å². The predicted molar refractivity (Wildman–Crippen MR) is 118 cm³/mol. The standard InChI is InChI=1S/C24H20N4O2/c1-29-22-12-19-21(13-23(22)30-14-16-5-3-2-4-6-16)26-15-27-24(19)28-18-8-7-17-9-10-25-20(17)11-18/h2-13,15,25H,14H2,1H3,(H,26,27,28). The molecule has 5 aromatic rings. The monoisotopic (exact) mass is 396 g/mol. The molecule has 0 unspecified atom stereocenters. The van der Waals surface area contributed by atoms with Gasteiger partial charge in [0.05, 0.1) is 12.6 Å². The van der Waals surface area contributed by atoms with Gasteiger partial charge in [0.2, 0.25) is 0 Å². The Morgan fingerprint density at radius 2 is 1.83 bits per heavy atom. The molecular weight excluding hydrogens is 376 g/mol. The number of hydrogen-bond donors (Lipinski definition) is 2. The minimum Gasteiger partial charge on any atom is -0.493 e. The smallest absolute Gasteiger partial charge is 0.163 e. The van der Waals surface area contributed by atoms with Crippen molar-refractivity contribution in [2.24, 2.45) is 0 Å². The molecule has 0 radical (unpaired) electrons. The second kappa shape index (κ2) is 7.75. The molecule has 148 valence electrons. The molecular formula is C24H20N4O2. The van der Waals surface area contributed by atoms with Crippen LogP contribution in [0.2, 0.25) is 0 Å². The molecule has 0 saturated carbocycles. The Morgan fingerprint density at radius 3 is 2.70 bits per heavy atom. The Hall–Kier alpha value is -4.06. The fraction of sp³-hybridized carbons (Fsp3) is 0.0833. The lowest BCUT2D eigenvalue weighted by Gasteiger charge is -2.14. The summed E-state index contributed by atoms with van der Waals surface area (Å²) in [7, 11) is 1.63. The van der Waals surface area contributed by atoms with Gasteiger partial charge < -0.3 is 19.8 Å². The van der Waals surface area contributed by atoms with Crippen molar-refractivity contribution in [2.75, 3.05) is 12.4 Å². The van der Waals surface area contributed by atoms with Crippen LogP contribution >= 0.6 is 0 Å². The fourth-order valence-corrected chi connectivity index (χ4v) is 3.43. The first kappa shape index (κ1) is 18.0. The first-order valence-electron chi connectivity index (χ1n) is 9.64. The molecule has 0 amide bonds. The summed E-state index contributed by atoms with van der Waals surface area (Å²) in [6.07, 6.45) is 3.47. The molecule has 0 spiro atoms. The van der Waals surface area contributed by atoms with Gasteiger partial charge in [-0.15, -0.1) is 0 Å². The maximum Gasteiger partial charge on any atom is 0.163 e. The number of benzene rings is 3. The van der Waals surface area contributed by atoms with Gasteiger partial charge in [-0.3, -0.25) is 0 Å². The van der Waals surface area contributed by atoms with Crippen LogP contribution in [0.4, 0.5) is 11.5 Å². The van der Waals surface area contributed by atoms with Gasteiger partial charge in [0.1, 0.15) is 18.8 Å². The molecule has 30 heavy (non-hydrogen) atoms. The lowest BCUT2D eigenvalue weighted by atomic mass is 10.2. The van der Waals surface area contributed by atoms with Gasteiger partial charge in [0.25, 0.3) is 0 Å². The number of ether oxygens (including phenoxy) is 2. The molecule has 0 aliphatic heterocycles. The van der Waals surface area contributed by atoms with Crippen LogP contribution in [0, 0.1) is 0 Å². The van der Waals surface area contributed by atoms with E-state index in [9.17, 15) is 0 Å². The highest BCUT2D eigenvalue weighted by molar-refractivity contribution is 5.94. The molecule has 6 heteroatoms.